The number of halogens is 1. The number of nitrogens with two attached hydrogens (primary N) is 1. The fraction of sp³-hybridized carbons (Fsp3) is 0.400. The van der Waals surface area contributed by atoms with E-state index in [9.17, 15) is 4.39 Å². The minimum atomic E-state index is -0.242. The molecule has 0 amide bonds. The number of hydrogen-bond donors (Lipinski definition) is 2. The van der Waals surface area contributed by atoms with Crippen molar-refractivity contribution in [2.24, 2.45) is 5.73 Å². The Balaban J connectivity index is 2.53. The van der Waals surface area contributed by atoms with E-state index < -0.39 is 0 Å². The summed E-state index contributed by atoms with van der Waals surface area (Å²) >= 11 is 0. The van der Waals surface area contributed by atoms with Crippen molar-refractivity contribution >= 4 is 0 Å². The minimum absolute atomic E-state index is 0.0798. The summed E-state index contributed by atoms with van der Waals surface area (Å²) in [6.45, 7) is 0.0798. The standard InChI is InChI=1S/C10H14FNO/c11-9-3-1-2-8(6-9)7-10(12)4-5-13/h1-3,6,10,13H,4-5,7,12H2/t10-/m0/s1. The third kappa shape index (κ3) is 3.53. The monoisotopic (exact) mass is 183 g/mol. The highest BCUT2D eigenvalue weighted by molar-refractivity contribution is 5.17. The second-order valence-corrected chi connectivity index (χ2v) is 3.11. The smallest absolute Gasteiger partial charge is 0.123 e. The molecule has 1 aromatic carbocycles. The predicted molar refractivity (Wildman–Crippen MR) is 49.8 cm³/mol. The van der Waals surface area contributed by atoms with Gasteiger partial charge >= 0.3 is 0 Å². The molecule has 0 spiro atoms. The molecule has 13 heavy (non-hydrogen) atoms. The third-order valence-electron chi connectivity index (χ3n) is 1.89. The van der Waals surface area contributed by atoms with Gasteiger partial charge in [0, 0.05) is 12.6 Å². The van der Waals surface area contributed by atoms with Gasteiger partial charge in [0.2, 0.25) is 0 Å². The fourth-order valence-electron chi connectivity index (χ4n) is 1.23. The van der Waals surface area contributed by atoms with E-state index in [0.717, 1.165) is 5.56 Å². The van der Waals surface area contributed by atoms with Gasteiger partial charge in [-0.05, 0) is 30.5 Å². The molecule has 3 N–H and O–H groups in total. The Morgan fingerprint density at radius 3 is 2.85 bits per heavy atom. The summed E-state index contributed by atoms with van der Waals surface area (Å²) in [4.78, 5) is 0. The van der Waals surface area contributed by atoms with Gasteiger partial charge in [-0.2, -0.15) is 0 Å². The number of hydrogen-bond acceptors (Lipinski definition) is 2. The van der Waals surface area contributed by atoms with Gasteiger partial charge in [0.05, 0.1) is 0 Å². The Kier molecular flexibility index (Phi) is 3.86. The molecule has 0 aliphatic rings. The summed E-state index contributed by atoms with van der Waals surface area (Å²) in [5, 5.41) is 8.62. The van der Waals surface area contributed by atoms with Gasteiger partial charge in [-0.25, -0.2) is 4.39 Å². The van der Waals surface area contributed by atoms with Crippen molar-refractivity contribution in [3.05, 3.63) is 35.6 Å². The zero-order valence-electron chi connectivity index (χ0n) is 7.41. The lowest BCUT2D eigenvalue weighted by Gasteiger charge is -2.09. The molecule has 0 aromatic heterocycles. The van der Waals surface area contributed by atoms with Gasteiger partial charge < -0.3 is 10.8 Å². The van der Waals surface area contributed by atoms with E-state index in [4.69, 9.17) is 10.8 Å². The molecule has 1 rings (SSSR count). The molecule has 1 aromatic rings. The van der Waals surface area contributed by atoms with Crippen LogP contribution < -0.4 is 5.73 Å². The summed E-state index contributed by atoms with van der Waals surface area (Å²) in [6.07, 6.45) is 1.16. The first-order chi connectivity index (χ1) is 6.22. The molecule has 0 heterocycles. The lowest BCUT2D eigenvalue weighted by Crippen LogP contribution is -2.23. The van der Waals surface area contributed by atoms with Crippen molar-refractivity contribution in [3.63, 3.8) is 0 Å². The normalized spacial score (nSPS) is 12.8. The number of rotatable bonds is 4. The molecule has 0 bridgehead atoms. The molecule has 0 saturated carbocycles. The zero-order valence-corrected chi connectivity index (χ0v) is 7.41. The molecule has 72 valence electrons. The first kappa shape index (κ1) is 10.2. The van der Waals surface area contributed by atoms with Crippen molar-refractivity contribution in [3.8, 4) is 0 Å². The van der Waals surface area contributed by atoms with Crippen molar-refractivity contribution in [2.75, 3.05) is 6.61 Å². The molecule has 0 fully saturated rings. The van der Waals surface area contributed by atoms with Crippen LogP contribution in [-0.2, 0) is 6.42 Å². The molecule has 2 nitrogen and oxygen atoms in total. The average Bonchev–Trinajstić information content (AvgIpc) is 2.04. The topological polar surface area (TPSA) is 46.2 Å². The van der Waals surface area contributed by atoms with Crippen molar-refractivity contribution in [1.82, 2.24) is 0 Å². The SMILES string of the molecule is N[C@@H](CCO)Cc1cccc(F)c1. The van der Waals surface area contributed by atoms with Crippen LogP contribution in [0.1, 0.15) is 12.0 Å². The van der Waals surface area contributed by atoms with Gasteiger partial charge in [0.15, 0.2) is 0 Å². The Morgan fingerprint density at radius 2 is 2.23 bits per heavy atom. The van der Waals surface area contributed by atoms with Gasteiger partial charge in [-0.15, -0.1) is 0 Å². The summed E-state index contributed by atoms with van der Waals surface area (Å²) in [5.74, 6) is -0.242. The maximum absolute atomic E-state index is 12.7. The van der Waals surface area contributed by atoms with Crippen LogP contribution >= 0.6 is 0 Å². The van der Waals surface area contributed by atoms with Crippen molar-refractivity contribution < 1.29 is 9.50 Å². The number of aliphatic hydroxyl groups is 1. The van der Waals surface area contributed by atoms with Crippen LogP contribution in [0.4, 0.5) is 4.39 Å². The zero-order chi connectivity index (χ0) is 9.68. The van der Waals surface area contributed by atoms with Crippen LogP contribution in [0, 0.1) is 5.82 Å². The minimum Gasteiger partial charge on any atom is -0.396 e. The maximum atomic E-state index is 12.7. The summed E-state index contributed by atoms with van der Waals surface area (Å²) in [5.41, 5.74) is 6.56. The predicted octanol–water partition coefficient (Wildman–Crippen LogP) is 1.08. The molecule has 3 heteroatoms. The quantitative estimate of drug-likeness (QED) is 0.733. The Bertz CT molecular complexity index is 265. The number of benzene rings is 1. The maximum Gasteiger partial charge on any atom is 0.123 e. The van der Waals surface area contributed by atoms with Crippen LogP contribution in [0.3, 0.4) is 0 Å². The third-order valence-corrected chi connectivity index (χ3v) is 1.89. The van der Waals surface area contributed by atoms with Gasteiger partial charge in [-0.3, -0.25) is 0 Å². The van der Waals surface area contributed by atoms with E-state index in [1.165, 1.54) is 12.1 Å². The molecule has 0 radical (unpaired) electrons. The summed E-state index contributed by atoms with van der Waals surface area (Å²) in [7, 11) is 0. The first-order valence-corrected chi connectivity index (χ1v) is 4.33. The Hall–Kier alpha value is -0.930. The van der Waals surface area contributed by atoms with Gasteiger partial charge in [0.1, 0.15) is 5.82 Å². The van der Waals surface area contributed by atoms with Crippen LogP contribution in [0.5, 0.6) is 0 Å². The lowest BCUT2D eigenvalue weighted by atomic mass is 10.0. The second kappa shape index (κ2) is 4.94. The van der Waals surface area contributed by atoms with E-state index >= 15 is 0 Å². The Morgan fingerprint density at radius 1 is 1.46 bits per heavy atom. The summed E-state index contributed by atoms with van der Waals surface area (Å²) < 4.78 is 12.7. The molecular weight excluding hydrogens is 169 g/mol. The molecule has 0 unspecified atom stereocenters. The Labute approximate surface area is 77.2 Å². The lowest BCUT2D eigenvalue weighted by molar-refractivity contribution is 0.275. The average molecular weight is 183 g/mol. The number of aliphatic hydroxyl groups excluding tert-OH is 1. The molecule has 0 saturated heterocycles. The highest BCUT2D eigenvalue weighted by Gasteiger charge is 2.03. The van der Waals surface area contributed by atoms with Crippen LogP contribution in [0.15, 0.2) is 24.3 Å². The molecular formula is C10H14FNO. The van der Waals surface area contributed by atoms with E-state index in [2.05, 4.69) is 0 Å². The molecule has 0 aliphatic carbocycles. The molecule has 0 aliphatic heterocycles. The fourth-order valence-corrected chi connectivity index (χ4v) is 1.23. The van der Waals surface area contributed by atoms with Crippen LogP contribution in [-0.4, -0.2) is 17.8 Å². The van der Waals surface area contributed by atoms with Gasteiger partial charge in [-0.1, -0.05) is 12.1 Å². The molecule has 1 atom stereocenters. The highest BCUT2D eigenvalue weighted by Crippen LogP contribution is 2.06. The second-order valence-electron chi connectivity index (χ2n) is 3.11. The van der Waals surface area contributed by atoms with Gasteiger partial charge in [0.25, 0.3) is 0 Å². The van der Waals surface area contributed by atoms with E-state index in [1.807, 2.05) is 6.07 Å². The van der Waals surface area contributed by atoms with Crippen molar-refractivity contribution in [1.29, 1.82) is 0 Å². The first-order valence-electron chi connectivity index (χ1n) is 4.33. The van der Waals surface area contributed by atoms with Crippen LogP contribution in [0.25, 0.3) is 0 Å². The van der Waals surface area contributed by atoms with Crippen molar-refractivity contribution in [2.45, 2.75) is 18.9 Å². The van der Waals surface area contributed by atoms with E-state index in [1.54, 1.807) is 6.07 Å². The van der Waals surface area contributed by atoms with Crippen LogP contribution in [0.2, 0.25) is 0 Å². The largest absolute Gasteiger partial charge is 0.396 e. The summed E-state index contributed by atoms with van der Waals surface area (Å²) in [6, 6.07) is 6.28. The highest BCUT2D eigenvalue weighted by atomic mass is 19.1. The van der Waals surface area contributed by atoms with E-state index in [-0.39, 0.29) is 18.5 Å². The van der Waals surface area contributed by atoms with E-state index in [0.29, 0.717) is 12.8 Å².